The van der Waals surface area contributed by atoms with Gasteiger partial charge in [-0.1, -0.05) is 78.4 Å². The summed E-state index contributed by atoms with van der Waals surface area (Å²) >= 11 is 0. The summed E-state index contributed by atoms with van der Waals surface area (Å²) < 4.78 is 48.2. The number of halogens is 2. The lowest BCUT2D eigenvalue weighted by Crippen LogP contribution is -2.57. The lowest BCUT2D eigenvalue weighted by Gasteiger charge is -2.42. The van der Waals surface area contributed by atoms with E-state index in [1.54, 1.807) is 12.1 Å². The molecule has 4 rings (SSSR count). The molecule has 0 radical (unpaired) electrons. The SMILES string of the molecule is Cc1ccc(O[C@@H]2[C@H](OCc3ccccc3)[C@@H](OCc3ccccc3)CCC2(F)F)cc1. The summed E-state index contributed by atoms with van der Waals surface area (Å²) in [5, 5.41) is 0. The highest BCUT2D eigenvalue weighted by Gasteiger charge is 2.54. The minimum atomic E-state index is -3.03. The van der Waals surface area contributed by atoms with Crippen molar-refractivity contribution in [2.45, 2.75) is 57.2 Å². The van der Waals surface area contributed by atoms with Gasteiger partial charge in [0.25, 0.3) is 5.92 Å². The van der Waals surface area contributed by atoms with Crippen LogP contribution in [0.5, 0.6) is 5.75 Å². The van der Waals surface area contributed by atoms with Gasteiger partial charge in [0, 0.05) is 6.42 Å². The van der Waals surface area contributed by atoms with Crippen LogP contribution in [0.15, 0.2) is 84.9 Å². The average molecular weight is 439 g/mol. The number of hydrogen-bond donors (Lipinski definition) is 0. The van der Waals surface area contributed by atoms with Gasteiger partial charge in [0.15, 0.2) is 6.10 Å². The zero-order chi connectivity index (χ0) is 22.4. The van der Waals surface area contributed by atoms with Crippen LogP contribution in [0.2, 0.25) is 0 Å². The van der Waals surface area contributed by atoms with Gasteiger partial charge in [-0.05, 0) is 36.6 Å². The summed E-state index contributed by atoms with van der Waals surface area (Å²) in [5.74, 6) is -2.63. The van der Waals surface area contributed by atoms with Crippen molar-refractivity contribution in [1.29, 1.82) is 0 Å². The van der Waals surface area contributed by atoms with E-state index in [1.165, 1.54) is 0 Å². The van der Waals surface area contributed by atoms with E-state index in [9.17, 15) is 0 Å². The van der Waals surface area contributed by atoms with E-state index in [-0.39, 0.29) is 19.4 Å². The van der Waals surface area contributed by atoms with Crippen LogP contribution in [0, 0.1) is 6.92 Å². The molecular weight excluding hydrogens is 410 g/mol. The van der Waals surface area contributed by atoms with Gasteiger partial charge in [-0.25, -0.2) is 8.78 Å². The Morgan fingerprint density at radius 1 is 0.781 bits per heavy atom. The van der Waals surface area contributed by atoms with Crippen molar-refractivity contribution in [3.05, 3.63) is 102 Å². The molecule has 168 valence electrons. The highest BCUT2D eigenvalue weighted by atomic mass is 19.3. The number of benzene rings is 3. The van der Waals surface area contributed by atoms with Crippen molar-refractivity contribution in [3.63, 3.8) is 0 Å². The molecule has 5 heteroatoms. The van der Waals surface area contributed by atoms with Gasteiger partial charge >= 0.3 is 0 Å². The lowest BCUT2D eigenvalue weighted by atomic mass is 9.88. The van der Waals surface area contributed by atoms with Crippen molar-refractivity contribution in [2.24, 2.45) is 0 Å². The Labute approximate surface area is 187 Å². The van der Waals surface area contributed by atoms with Gasteiger partial charge in [0.1, 0.15) is 11.9 Å². The quantitative estimate of drug-likeness (QED) is 0.411. The van der Waals surface area contributed by atoms with Crippen molar-refractivity contribution < 1.29 is 23.0 Å². The molecule has 0 bridgehead atoms. The third kappa shape index (κ3) is 5.72. The molecule has 0 aliphatic heterocycles. The van der Waals surface area contributed by atoms with E-state index in [1.807, 2.05) is 79.7 Å². The fourth-order valence-corrected chi connectivity index (χ4v) is 3.91. The lowest BCUT2D eigenvalue weighted by molar-refractivity contribution is -0.224. The molecule has 1 fully saturated rings. The van der Waals surface area contributed by atoms with Crippen LogP contribution in [-0.2, 0) is 22.7 Å². The second-order valence-electron chi connectivity index (χ2n) is 8.25. The predicted octanol–water partition coefficient (Wildman–Crippen LogP) is 6.34. The third-order valence-electron chi connectivity index (χ3n) is 5.72. The molecule has 3 aromatic carbocycles. The van der Waals surface area contributed by atoms with Gasteiger partial charge < -0.3 is 14.2 Å². The first-order valence-corrected chi connectivity index (χ1v) is 10.9. The van der Waals surface area contributed by atoms with Crippen LogP contribution in [0.4, 0.5) is 8.78 Å². The van der Waals surface area contributed by atoms with Crippen LogP contribution in [0.3, 0.4) is 0 Å². The van der Waals surface area contributed by atoms with Crippen molar-refractivity contribution in [2.75, 3.05) is 0 Å². The summed E-state index contributed by atoms with van der Waals surface area (Å²) in [6, 6.07) is 26.4. The normalized spacial score (nSPS) is 22.4. The maximum atomic E-state index is 15.1. The maximum Gasteiger partial charge on any atom is 0.286 e. The number of ether oxygens (including phenoxy) is 3. The van der Waals surface area contributed by atoms with Crippen LogP contribution in [0.1, 0.15) is 29.5 Å². The largest absolute Gasteiger partial charge is 0.481 e. The molecule has 1 aliphatic carbocycles. The number of alkyl halides is 2. The number of rotatable bonds is 8. The Bertz CT molecular complexity index is 961. The molecule has 3 atom stereocenters. The Morgan fingerprint density at radius 2 is 1.34 bits per heavy atom. The van der Waals surface area contributed by atoms with E-state index in [0.29, 0.717) is 12.4 Å². The second kappa shape index (κ2) is 10.2. The molecule has 3 nitrogen and oxygen atoms in total. The topological polar surface area (TPSA) is 27.7 Å². The number of aryl methyl sites for hydroxylation is 1. The van der Waals surface area contributed by atoms with Gasteiger partial charge in [0.05, 0.1) is 19.3 Å². The first-order chi connectivity index (χ1) is 15.5. The Balaban J connectivity index is 1.55. The summed E-state index contributed by atoms with van der Waals surface area (Å²) in [4.78, 5) is 0. The second-order valence-corrected chi connectivity index (χ2v) is 8.25. The van der Waals surface area contributed by atoms with E-state index < -0.39 is 24.2 Å². The zero-order valence-electron chi connectivity index (χ0n) is 18.1. The van der Waals surface area contributed by atoms with Crippen LogP contribution in [0.25, 0.3) is 0 Å². The number of hydrogen-bond acceptors (Lipinski definition) is 3. The minimum absolute atomic E-state index is 0.201. The predicted molar refractivity (Wildman–Crippen MR) is 120 cm³/mol. The van der Waals surface area contributed by atoms with Crippen LogP contribution < -0.4 is 4.74 Å². The fourth-order valence-electron chi connectivity index (χ4n) is 3.91. The smallest absolute Gasteiger partial charge is 0.286 e. The highest BCUT2D eigenvalue weighted by molar-refractivity contribution is 5.27. The summed E-state index contributed by atoms with van der Waals surface area (Å²) in [6.07, 6.45) is -2.97. The van der Waals surface area contributed by atoms with Crippen LogP contribution >= 0.6 is 0 Å². The molecule has 0 unspecified atom stereocenters. The molecule has 32 heavy (non-hydrogen) atoms. The standard InChI is InChI=1S/C27H28F2O3/c1-20-12-14-23(15-13-20)32-26-25(31-19-22-10-6-3-7-11-22)24(16-17-27(26,28)29)30-18-21-8-4-2-5-9-21/h2-15,24-26H,16-19H2,1H3/t24-,25+,26+/m0/s1. The van der Waals surface area contributed by atoms with Gasteiger partial charge in [-0.2, -0.15) is 0 Å². The van der Waals surface area contributed by atoms with Gasteiger partial charge in [-0.3, -0.25) is 0 Å². The summed E-state index contributed by atoms with van der Waals surface area (Å²) in [7, 11) is 0. The van der Waals surface area contributed by atoms with Gasteiger partial charge in [-0.15, -0.1) is 0 Å². The van der Waals surface area contributed by atoms with Gasteiger partial charge in [0.2, 0.25) is 0 Å². The Hall–Kier alpha value is -2.76. The Kier molecular flexibility index (Phi) is 7.18. The summed E-state index contributed by atoms with van der Waals surface area (Å²) in [6.45, 7) is 2.48. The van der Waals surface area contributed by atoms with Crippen molar-refractivity contribution in [3.8, 4) is 5.75 Å². The first-order valence-electron chi connectivity index (χ1n) is 10.9. The summed E-state index contributed by atoms with van der Waals surface area (Å²) in [5.41, 5.74) is 2.94. The molecule has 0 N–H and O–H groups in total. The molecule has 0 aromatic heterocycles. The zero-order valence-corrected chi connectivity index (χ0v) is 18.1. The molecular formula is C27H28F2O3. The van der Waals surface area contributed by atoms with E-state index in [4.69, 9.17) is 14.2 Å². The molecule has 0 amide bonds. The van der Waals surface area contributed by atoms with E-state index >= 15 is 8.78 Å². The van der Waals surface area contributed by atoms with Crippen molar-refractivity contribution >= 4 is 0 Å². The molecule has 0 heterocycles. The minimum Gasteiger partial charge on any atom is -0.481 e. The molecule has 3 aromatic rings. The highest BCUT2D eigenvalue weighted by Crippen LogP contribution is 2.39. The van der Waals surface area contributed by atoms with E-state index in [2.05, 4.69) is 0 Å². The molecule has 1 saturated carbocycles. The van der Waals surface area contributed by atoms with Crippen LogP contribution in [-0.4, -0.2) is 24.2 Å². The maximum absolute atomic E-state index is 15.1. The fraction of sp³-hybridized carbons (Fsp3) is 0.333. The molecule has 0 saturated heterocycles. The monoisotopic (exact) mass is 438 g/mol. The third-order valence-corrected chi connectivity index (χ3v) is 5.72. The Morgan fingerprint density at radius 3 is 1.94 bits per heavy atom. The van der Waals surface area contributed by atoms with Crippen molar-refractivity contribution in [1.82, 2.24) is 0 Å². The molecule has 0 spiro atoms. The van der Waals surface area contributed by atoms with E-state index in [0.717, 1.165) is 16.7 Å². The molecule has 1 aliphatic rings. The average Bonchev–Trinajstić information content (AvgIpc) is 2.81. The first kappa shape index (κ1) is 22.4.